The molecule has 0 aromatic heterocycles. The molecule has 0 fully saturated rings. The first-order chi connectivity index (χ1) is 7.52. The van der Waals surface area contributed by atoms with Crippen molar-refractivity contribution in [3.05, 3.63) is 35.9 Å². The third-order valence-electron chi connectivity index (χ3n) is 2.21. The number of hydrogen-bond acceptors (Lipinski definition) is 5. The van der Waals surface area contributed by atoms with E-state index in [2.05, 4.69) is 0 Å². The van der Waals surface area contributed by atoms with E-state index in [1.54, 1.807) is 18.2 Å². The van der Waals surface area contributed by atoms with Gasteiger partial charge in [-0.3, -0.25) is 0 Å². The predicted octanol–water partition coefficient (Wildman–Crippen LogP) is -1.77. The summed E-state index contributed by atoms with van der Waals surface area (Å²) in [6.07, 6.45) is -2.19. The van der Waals surface area contributed by atoms with Crippen LogP contribution in [0, 0.1) is 5.92 Å². The highest BCUT2D eigenvalue weighted by atomic mass is 16.4. The molecule has 2 atom stereocenters. The van der Waals surface area contributed by atoms with Gasteiger partial charge in [-0.15, -0.1) is 0 Å². The SMILES string of the molecule is O=C([O-])C[C@H](C(=O)[O-])[C@H](O)c1ccccc1. The van der Waals surface area contributed by atoms with Crippen LogP contribution in [0.1, 0.15) is 18.1 Å². The van der Waals surface area contributed by atoms with Crippen LogP contribution in [-0.2, 0) is 9.59 Å². The Hall–Kier alpha value is -1.88. The largest absolute Gasteiger partial charge is 0.550 e. The maximum Gasteiger partial charge on any atom is 0.0873 e. The number of rotatable bonds is 5. The van der Waals surface area contributed by atoms with Gasteiger partial charge in [-0.05, 0) is 12.0 Å². The Morgan fingerprint density at radius 1 is 1.19 bits per heavy atom. The summed E-state index contributed by atoms with van der Waals surface area (Å²) in [6, 6.07) is 7.95. The highest BCUT2D eigenvalue weighted by Gasteiger charge is 2.22. The number of carbonyl (C=O) groups excluding carboxylic acids is 2. The zero-order chi connectivity index (χ0) is 12.1. The van der Waals surface area contributed by atoms with Gasteiger partial charge in [0.25, 0.3) is 0 Å². The van der Waals surface area contributed by atoms with E-state index in [4.69, 9.17) is 0 Å². The van der Waals surface area contributed by atoms with Crippen molar-refractivity contribution in [3.63, 3.8) is 0 Å². The normalized spacial score (nSPS) is 14.1. The Labute approximate surface area is 92.0 Å². The lowest BCUT2D eigenvalue weighted by atomic mass is 9.93. The molecular weight excluding hydrogens is 212 g/mol. The fourth-order valence-corrected chi connectivity index (χ4v) is 1.39. The van der Waals surface area contributed by atoms with Gasteiger partial charge in [-0.2, -0.15) is 0 Å². The third kappa shape index (κ3) is 3.06. The molecule has 0 heterocycles. The molecule has 5 heteroatoms. The first-order valence-corrected chi connectivity index (χ1v) is 4.66. The lowest BCUT2D eigenvalue weighted by Crippen LogP contribution is -2.39. The van der Waals surface area contributed by atoms with Crippen LogP contribution >= 0.6 is 0 Å². The van der Waals surface area contributed by atoms with Crippen molar-refractivity contribution in [1.29, 1.82) is 0 Å². The van der Waals surface area contributed by atoms with Gasteiger partial charge in [-0.1, -0.05) is 30.3 Å². The average Bonchev–Trinajstić information content (AvgIpc) is 2.25. The molecule has 0 radical (unpaired) electrons. The number of carboxylic acids is 2. The van der Waals surface area contributed by atoms with E-state index in [1.807, 2.05) is 0 Å². The molecule has 0 saturated heterocycles. The Kier molecular flexibility index (Phi) is 4.02. The van der Waals surface area contributed by atoms with Crippen LogP contribution in [0.3, 0.4) is 0 Å². The second kappa shape index (κ2) is 5.27. The lowest BCUT2D eigenvalue weighted by molar-refractivity contribution is -0.323. The number of aliphatic hydroxyl groups excluding tert-OH is 1. The number of benzene rings is 1. The summed E-state index contributed by atoms with van der Waals surface area (Å²) in [4.78, 5) is 21.0. The quantitative estimate of drug-likeness (QED) is 0.635. The highest BCUT2D eigenvalue weighted by Crippen LogP contribution is 2.23. The highest BCUT2D eigenvalue weighted by molar-refractivity contribution is 5.76. The van der Waals surface area contributed by atoms with E-state index in [0.29, 0.717) is 5.56 Å². The van der Waals surface area contributed by atoms with Crippen LogP contribution in [0.2, 0.25) is 0 Å². The minimum Gasteiger partial charge on any atom is -0.550 e. The fraction of sp³-hybridized carbons (Fsp3) is 0.273. The van der Waals surface area contributed by atoms with Crippen LogP contribution in [0.25, 0.3) is 0 Å². The van der Waals surface area contributed by atoms with Gasteiger partial charge in [0.1, 0.15) is 0 Å². The van der Waals surface area contributed by atoms with Crippen LogP contribution in [0.15, 0.2) is 30.3 Å². The molecule has 0 bridgehead atoms. The van der Waals surface area contributed by atoms with E-state index in [9.17, 15) is 24.9 Å². The fourth-order valence-electron chi connectivity index (χ4n) is 1.39. The molecule has 0 aliphatic carbocycles. The van der Waals surface area contributed by atoms with Gasteiger partial charge in [0.2, 0.25) is 0 Å². The van der Waals surface area contributed by atoms with E-state index >= 15 is 0 Å². The van der Waals surface area contributed by atoms with E-state index in [-0.39, 0.29) is 0 Å². The number of aliphatic hydroxyl groups is 1. The number of aliphatic carboxylic acids is 2. The average molecular weight is 222 g/mol. The van der Waals surface area contributed by atoms with Gasteiger partial charge < -0.3 is 24.9 Å². The summed E-state index contributed by atoms with van der Waals surface area (Å²) >= 11 is 0. The van der Waals surface area contributed by atoms with Crippen molar-refractivity contribution in [2.45, 2.75) is 12.5 Å². The number of hydrogen-bond donors (Lipinski definition) is 1. The summed E-state index contributed by atoms with van der Waals surface area (Å²) in [6.45, 7) is 0. The predicted molar refractivity (Wildman–Crippen MR) is 49.5 cm³/mol. The first kappa shape index (κ1) is 12.2. The zero-order valence-corrected chi connectivity index (χ0v) is 8.33. The first-order valence-electron chi connectivity index (χ1n) is 4.66. The molecule has 0 aliphatic rings. The molecule has 1 N–H and O–H groups in total. The summed E-state index contributed by atoms with van der Waals surface area (Å²) in [7, 11) is 0. The molecule has 0 amide bonds. The molecule has 0 aliphatic heterocycles. The molecule has 1 aromatic rings. The van der Waals surface area contributed by atoms with E-state index < -0.39 is 30.4 Å². The van der Waals surface area contributed by atoms with Gasteiger partial charge in [0.05, 0.1) is 6.10 Å². The van der Waals surface area contributed by atoms with Gasteiger partial charge in [0.15, 0.2) is 0 Å². The number of carboxylic acid groups (broad SMARTS) is 2. The second-order valence-electron chi connectivity index (χ2n) is 3.36. The van der Waals surface area contributed by atoms with Crippen molar-refractivity contribution < 1.29 is 24.9 Å². The van der Waals surface area contributed by atoms with Crippen LogP contribution in [0.5, 0.6) is 0 Å². The third-order valence-corrected chi connectivity index (χ3v) is 2.21. The Morgan fingerprint density at radius 3 is 2.19 bits per heavy atom. The number of carbonyl (C=O) groups is 2. The topological polar surface area (TPSA) is 100 Å². The molecule has 0 spiro atoms. The Bertz CT molecular complexity index is 373. The second-order valence-corrected chi connectivity index (χ2v) is 3.36. The van der Waals surface area contributed by atoms with E-state index in [0.717, 1.165) is 0 Å². The molecule has 86 valence electrons. The maximum atomic E-state index is 10.7. The van der Waals surface area contributed by atoms with Crippen LogP contribution < -0.4 is 10.2 Å². The molecule has 1 rings (SSSR count). The van der Waals surface area contributed by atoms with Crippen molar-refractivity contribution >= 4 is 11.9 Å². The standard InChI is InChI=1S/C11H12O5/c12-9(13)6-8(11(15)16)10(14)7-4-2-1-3-5-7/h1-5,8,10,14H,6H2,(H,12,13)(H,15,16)/p-2/t8-,10+/m0/s1. The summed E-state index contributed by atoms with van der Waals surface area (Å²) in [5.41, 5.74) is 0.331. The molecule has 16 heavy (non-hydrogen) atoms. The molecule has 0 unspecified atom stereocenters. The molecular formula is C11H10O5-2. The van der Waals surface area contributed by atoms with Crippen molar-refractivity contribution in [3.8, 4) is 0 Å². The van der Waals surface area contributed by atoms with Crippen LogP contribution in [0.4, 0.5) is 0 Å². The molecule has 5 nitrogen and oxygen atoms in total. The minimum atomic E-state index is -1.61. The van der Waals surface area contributed by atoms with Crippen molar-refractivity contribution in [1.82, 2.24) is 0 Å². The Balaban J connectivity index is 2.87. The summed E-state index contributed by atoms with van der Waals surface area (Å²) in [5.74, 6) is -4.66. The van der Waals surface area contributed by atoms with Crippen LogP contribution in [-0.4, -0.2) is 17.0 Å². The Morgan fingerprint density at radius 2 is 1.75 bits per heavy atom. The van der Waals surface area contributed by atoms with Crippen molar-refractivity contribution in [2.75, 3.05) is 0 Å². The summed E-state index contributed by atoms with van der Waals surface area (Å²) in [5, 5.41) is 30.7. The molecule has 0 saturated carbocycles. The molecule has 1 aromatic carbocycles. The lowest BCUT2D eigenvalue weighted by Gasteiger charge is -2.24. The van der Waals surface area contributed by atoms with Gasteiger partial charge in [0, 0.05) is 17.9 Å². The van der Waals surface area contributed by atoms with E-state index in [1.165, 1.54) is 12.1 Å². The monoisotopic (exact) mass is 222 g/mol. The maximum absolute atomic E-state index is 10.7. The van der Waals surface area contributed by atoms with Gasteiger partial charge >= 0.3 is 0 Å². The van der Waals surface area contributed by atoms with Gasteiger partial charge in [-0.25, -0.2) is 0 Å². The van der Waals surface area contributed by atoms with Crippen molar-refractivity contribution in [2.24, 2.45) is 5.92 Å². The summed E-state index contributed by atoms with van der Waals surface area (Å²) < 4.78 is 0. The minimum absolute atomic E-state index is 0.331. The zero-order valence-electron chi connectivity index (χ0n) is 8.33. The smallest absolute Gasteiger partial charge is 0.0873 e.